The fourth-order valence-corrected chi connectivity index (χ4v) is 12.2. The zero-order valence-corrected chi connectivity index (χ0v) is 27.6. The highest BCUT2D eigenvalue weighted by Gasteiger charge is 2.41. The Kier molecular flexibility index (Phi) is 8.95. The van der Waals surface area contributed by atoms with E-state index < -0.39 is 8.07 Å². The summed E-state index contributed by atoms with van der Waals surface area (Å²) in [5.74, 6) is 3.78. The number of anilines is 3. The van der Waals surface area contributed by atoms with Crippen LogP contribution in [0.3, 0.4) is 0 Å². The smallest absolute Gasteiger partial charge is 0.253 e. The van der Waals surface area contributed by atoms with E-state index in [-0.39, 0.29) is 23.9 Å². The lowest BCUT2D eigenvalue weighted by atomic mass is 10.1. The number of nitrogens with one attached hydrogen (secondary N) is 2. The highest BCUT2D eigenvalue weighted by molar-refractivity contribution is 6.90. The van der Waals surface area contributed by atoms with Crippen molar-refractivity contribution in [3.05, 3.63) is 52.4 Å². The van der Waals surface area contributed by atoms with Gasteiger partial charge in [0.25, 0.3) is 5.56 Å². The number of piperazine rings is 1. The van der Waals surface area contributed by atoms with Gasteiger partial charge >= 0.3 is 0 Å². The van der Waals surface area contributed by atoms with Gasteiger partial charge < -0.3 is 20.4 Å². The first-order valence-electron chi connectivity index (χ1n) is 15.5. The summed E-state index contributed by atoms with van der Waals surface area (Å²) in [5.41, 5.74) is 8.15. The van der Waals surface area contributed by atoms with Crippen molar-refractivity contribution in [2.75, 3.05) is 50.0 Å². The summed E-state index contributed by atoms with van der Waals surface area (Å²) < 4.78 is 1.64. The summed E-state index contributed by atoms with van der Waals surface area (Å²) >= 11 is 0. The van der Waals surface area contributed by atoms with Crippen LogP contribution in [0.1, 0.15) is 59.6 Å². The molecule has 2 fully saturated rings. The monoisotopic (exact) mass is 599 g/mol. The van der Waals surface area contributed by atoms with E-state index in [1.54, 1.807) is 16.8 Å². The predicted octanol–water partition coefficient (Wildman–Crippen LogP) is 4.92. The molecule has 4 heterocycles. The van der Waals surface area contributed by atoms with E-state index in [0.29, 0.717) is 40.3 Å². The van der Waals surface area contributed by atoms with E-state index in [1.165, 1.54) is 5.69 Å². The lowest BCUT2D eigenvalue weighted by Crippen LogP contribution is -2.44. The topological polar surface area (TPSA) is 95.4 Å². The molecule has 3 aromatic rings. The molecule has 2 aliphatic heterocycles. The quantitative estimate of drug-likeness (QED) is 0.294. The summed E-state index contributed by atoms with van der Waals surface area (Å²) in [6.45, 7) is 18.2. The van der Waals surface area contributed by atoms with Gasteiger partial charge in [0.05, 0.1) is 11.4 Å². The average molecular weight is 600 g/mol. The summed E-state index contributed by atoms with van der Waals surface area (Å²) in [7, 11) is 0.125. The molecule has 5 rings (SSSR count). The lowest BCUT2D eigenvalue weighted by molar-refractivity contribution is -0.119. The molecule has 2 N–H and O–H groups in total. The Morgan fingerprint density at radius 3 is 2.21 bits per heavy atom. The van der Waals surface area contributed by atoms with Gasteiger partial charge in [-0.25, -0.2) is 4.98 Å². The number of aromatic nitrogens is 3. The van der Waals surface area contributed by atoms with Crippen LogP contribution in [0, 0.1) is 11.5 Å². The summed E-state index contributed by atoms with van der Waals surface area (Å²) in [5, 5.41) is 6.91. The summed E-state index contributed by atoms with van der Waals surface area (Å²) in [6.07, 6.45) is 2.00. The maximum absolute atomic E-state index is 13.6. The Morgan fingerprint density at radius 2 is 1.63 bits per heavy atom. The van der Waals surface area contributed by atoms with Crippen molar-refractivity contribution in [3.63, 3.8) is 0 Å². The van der Waals surface area contributed by atoms with Gasteiger partial charge in [-0.15, -0.1) is 5.54 Å². The zero-order chi connectivity index (χ0) is 30.9. The number of benzene rings is 1. The highest BCUT2D eigenvalue weighted by Crippen LogP contribution is 2.41. The third-order valence-electron chi connectivity index (χ3n) is 9.38. The molecule has 1 aromatic carbocycles. The fourth-order valence-electron chi connectivity index (χ4n) is 6.97. The molecule has 1 unspecified atom stereocenters. The van der Waals surface area contributed by atoms with Gasteiger partial charge in [-0.05, 0) is 47.9 Å². The van der Waals surface area contributed by atoms with Gasteiger partial charge in [0.1, 0.15) is 13.7 Å². The maximum atomic E-state index is 13.6. The van der Waals surface area contributed by atoms with Crippen LogP contribution in [0.25, 0.3) is 11.0 Å². The van der Waals surface area contributed by atoms with Crippen molar-refractivity contribution in [2.45, 2.75) is 70.6 Å². The van der Waals surface area contributed by atoms with Crippen LogP contribution in [0.2, 0.25) is 16.6 Å². The number of carbonyl (C=O) groups excluding carboxylic acids is 1. The number of carbonyl (C=O) groups is 1. The van der Waals surface area contributed by atoms with Gasteiger partial charge in [0.2, 0.25) is 11.9 Å². The number of likely N-dealkylation sites (N-methyl/N-ethyl adjacent to an activating group) is 1. The Morgan fingerprint density at radius 1 is 0.977 bits per heavy atom. The molecule has 9 nitrogen and oxygen atoms in total. The first kappa shape index (κ1) is 30.8. The van der Waals surface area contributed by atoms with Gasteiger partial charge in [-0.1, -0.05) is 47.5 Å². The van der Waals surface area contributed by atoms with Crippen molar-refractivity contribution in [3.8, 4) is 11.5 Å². The number of hydrogen-bond acceptors (Lipinski definition) is 7. The number of pyridine rings is 1. The lowest BCUT2D eigenvalue weighted by Gasteiger charge is -2.38. The predicted molar refractivity (Wildman–Crippen MR) is 178 cm³/mol. The number of amides is 1. The Hall–Kier alpha value is -3.68. The summed E-state index contributed by atoms with van der Waals surface area (Å²) in [4.78, 5) is 40.0. The Bertz CT molecular complexity index is 1570. The molecular formula is C33H45N7O2Si. The van der Waals surface area contributed by atoms with Crippen LogP contribution in [-0.2, 0) is 4.79 Å². The number of nitrogens with zero attached hydrogens (tertiary/aromatic N) is 5. The molecule has 2 aliphatic rings. The van der Waals surface area contributed by atoms with Crippen molar-refractivity contribution in [2.24, 2.45) is 0 Å². The number of rotatable bonds is 7. The molecular weight excluding hydrogens is 554 g/mol. The second kappa shape index (κ2) is 12.5. The fraction of sp³-hybridized carbons (Fsp3) is 0.515. The average Bonchev–Trinajstić information content (AvgIpc) is 3.39. The first-order chi connectivity index (χ1) is 20.5. The Labute approximate surface area is 256 Å². The highest BCUT2D eigenvalue weighted by atomic mass is 28.3. The van der Waals surface area contributed by atoms with Gasteiger partial charge in [0.15, 0.2) is 0 Å². The minimum Gasteiger partial charge on any atom is -0.369 e. The van der Waals surface area contributed by atoms with Crippen LogP contribution in [0.5, 0.6) is 0 Å². The molecule has 2 aromatic heterocycles. The first-order valence-corrected chi connectivity index (χ1v) is 17.8. The minimum atomic E-state index is -2.03. The van der Waals surface area contributed by atoms with E-state index in [1.807, 2.05) is 12.1 Å². The van der Waals surface area contributed by atoms with Crippen LogP contribution in [-0.4, -0.2) is 73.2 Å². The largest absolute Gasteiger partial charge is 0.369 e. The maximum Gasteiger partial charge on any atom is 0.253 e. The number of fused-ring (bicyclic) bond motifs is 1. The molecule has 2 saturated heterocycles. The van der Waals surface area contributed by atoms with E-state index in [2.05, 4.69) is 97.6 Å². The van der Waals surface area contributed by atoms with Crippen LogP contribution < -0.4 is 21.1 Å². The third kappa shape index (κ3) is 6.20. The normalized spacial score (nSPS) is 18.0. The molecule has 228 valence electrons. The van der Waals surface area contributed by atoms with Crippen LogP contribution >= 0.6 is 0 Å². The van der Waals surface area contributed by atoms with Crippen molar-refractivity contribution >= 4 is 42.3 Å². The molecule has 0 saturated carbocycles. The van der Waals surface area contributed by atoms with Crippen LogP contribution in [0.4, 0.5) is 17.3 Å². The van der Waals surface area contributed by atoms with Gasteiger partial charge in [0, 0.05) is 68.3 Å². The molecule has 0 spiro atoms. The molecule has 10 heteroatoms. The summed E-state index contributed by atoms with van der Waals surface area (Å²) in [6, 6.07) is 9.58. The van der Waals surface area contributed by atoms with Crippen molar-refractivity contribution in [1.82, 2.24) is 24.8 Å². The third-order valence-corrected chi connectivity index (χ3v) is 15.7. The van der Waals surface area contributed by atoms with E-state index in [9.17, 15) is 9.59 Å². The second-order valence-electron chi connectivity index (χ2n) is 13.0. The van der Waals surface area contributed by atoms with Crippen LogP contribution in [0.15, 0.2) is 41.3 Å². The number of hydrogen-bond donors (Lipinski definition) is 2. The molecule has 0 aliphatic carbocycles. The SMILES string of the molecule is CC(C)[Si](C#Cc1cc(=O)n(C2CNC(=O)C2)c2nc(Nc3ccc(N4CCN(C)CC4)cc3)ncc12)(C(C)C)C(C)C. The van der Waals surface area contributed by atoms with Crippen molar-refractivity contribution in [1.29, 1.82) is 0 Å². The van der Waals surface area contributed by atoms with Gasteiger partial charge in [-0.2, -0.15) is 4.98 Å². The molecule has 1 amide bonds. The second-order valence-corrected chi connectivity index (χ2v) is 18.5. The van der Waals surface area contributed by atoms with Gasteiger partial charge in [-0.3, -0.25) is 14.2 Å². The Balaban J connectivity index is 1.54. The van der Waals surface area contributed by atoms with E-state index >= 15 is 0 Å². The molecule has 1 atom stereocenters. The molecule has 0 radical (unpaired) electrons. The van der Waals surface area contributed by atoms with Crippen molar-refractivity contribution < 1.29 is 4.79 Å². The molecule has 0 bridgehead atoms. The molecule has 43 heavy (non-hydrogen) atoms. The zero-order valence-electron chi connectivity index (χ0n) is 26.6. The van der Waals surface area contributed by atoms with E-state index in [0.717, 1.165) is 37.3 Å². The standard InChI is InChI=1S/C33H45N7O2Si/c1-22(2)43(23(3)4,24(5)6)17-12-25-18-31(42)40(28-19-30(41)34-20-28)32-29(25)21-35-33(37-32)36-26-8-10-27(11-9-26)39-15-13-38(7)14-16-39/h8-11,18,21-24,28H,13-16,19-20H2,1-7H3,(H,34,41)(H,35,36,37). The van der Waals surface area contributed by atoms with E-state index in [4.69, 9.17) is 4.98 Å². The minimum absolute atomic E-state index is 0.0663.